The Bertz CT molecular complexity index is 991. The minimum Gasteiger partial charge on any atom is -0.379 e. The SMILES string of the molecule is [c]1cccc2cc(-c3cccc4[nH]cc(CN5CCOCC5)c34)[nH]c12. The first-order chi connectivity index (χ1) is 12.4. The van der Waals surface area contributed by atoms with Crippen molar-refractivity contribution in [2.24, 2.45) is 0 Å². The first-order valence-corrected chi connectivity index (χ1v) is 8.77. The van der Waals surface area contributed by atoms with Crippen LogP contribution in [0.5, 0.6) is 0 Å². The number of nitrogens with one attached hydrogen (secondary N) is 2. The van der Waals surface area contributed by atoms with Gasteiger partial charge in [-0.05, 0) is 17.7 Å². The Morgan fingerprint density at radius 1 is 1.12 bits per heavy atom. The van der Waals surface area contributed by atoms with E-state index in [0.717, 1.165) is 44.1 Å². The molecule has 25 heavy (non-hydrogen) atoms. The number of aromatic nitrogens is 2. The number of rotatable bonds is 3. The van der Waals surface area contributed by atoms with Crippen LogP contribution < -0.4 is 0 Å². The first-order valence-electron chi connectivity index (χ1n) is 8.77. The Morgan fingerprint density at radius 3 is 2.92 bits per heavy atom. The van der Waals surface area contributed by atoms with Gasteiger partial charge in [-0.1, -0.05) is 30.3 Å². The molecule has 125 valence electrons. The van der Waals surface area contributed by atoms with E-state index in [2.05, 4.69) is 57.5 Å². The molecule has 4 nitrogen and oxygen atoms in total. The van der Waals surface area contributed by atoms with Gasteiger partial charge in [-0.2, -0.15) is 0 Å². The summed E-state index contributed by atoms with van der Waals surface area (Å²) in [5.74, 6) is 0. The van der Waals surface area contributed by atoms with Crippen LogP contribution in [0.3, 0.4) is 0 Å². The molecule has 0 aliphatic carbocycles. The van der Waals surface area contributed by atoms with Crippen molar-refractivity contribution in [3.63, 3.8) is 0 Å². The molecule has 0 spiro atoms. The quantitative estimate of drug-likeness (QED) is 0.597. The van der Waals surface area contributed by atoms with Crippen molar-refractivity contribution in [1.29, 1.82) is 0 Å². The Balaban J connectivity index is 1.61. The fraction of sp³-hybridized carbons (Fsp3) is 0.238. The minimum absolute atomic E-state index is 0.826. The van der Waals surface area contributed by atoms with E-state index in [1.54, 1.807) is 0 Å². The molecular weight excluding hydrogens is 310 g/mol. The third-order valence-corrected chi connectivity index (χ3v) is 5.02. The van der Waals surface area contributed by atoms with Crippen LogP contribution in [-0.4, -0.2) is 41.2 Å². The van der Waals surface area contributed by atoms with Gasteiger partial charge in [0.15, 0.2) is 0 Å². The molecule has 1 aliphatic rings. The smallest absolute Gasteiger partial charge is 0.0594 e. The standard InChI is InChI=1S/C21H20N3O/c1-2-6-18-15(4-1)12-20(23-18)17-5-3-7-19-21(17)16(13-22-19)14-24-8-10-25-11-9-24/h1-5,7,12-13,22-23H,8-11,14H2. The van der Waals surface area contributed by atoms with Gasteiger partial charge in [0.1, 0.15) is 0 Å². The number of aromatic amines is 2. The molecule has 2 aromatic carbocycles. The van der Waals surface area contributed by atoms with E-state index >= 15 is 0 Å². The van der Waals surface area contributed by atoms with Crippen molar-refractivity contribution in [3.05, 3.63) is 60.3 Å². The average molecular weight is 330 g/mol. The minimum atomic E-state index is 0.826. The van der Waals surface area contributed by atoms with Crippen molar-refractivity contribution in [3.8, 4) is 11.3 Å². The Hall–Kier alpha value is -2.56. The third kappa shape index (κ3) is 2.64. The van der Waals surface area contributed by atoms with Crippen molar-refractivity contribution < 1.29 is 4.74 Å². The fourth-order valence-electron chi connectivity index (χ4n) is 3.75. The molecule has 0 amide bonds. The van der Waals surface area contributed by atoms with Gasteiger partial charge in [0.2, 0.25) is 0 Å². The molecule has 4 heteroatoms. The van der Waals surface area contributed by atoms with E-state index in [9.17, 15) is 0 Å². The molecule has 1 radical (unpaired) electrons. The zero-order valence-corrected chi connectivity index (χ0v) is 14.0. The monoisotopic (exact) mass is 330 g/mol. The predicted molar refractivity (Wildman–Crippen MR) is 101 cm³/mol. The molecule has 2 N–H and O–H groups in total. The summed E-state index contributed by atoms with van der Waals surface area (Å²) in [5.41, 5.74) is 5.97. The molecule has 0 atom stereocenters. The van der Waals surface area contributed by atoms with Crippen molar-refractivity contribution >= 4 is 21.8 Å². The summed E-state index contributed by atoms with van der Waals surface area (Å²) >= 11 is 0. The van der Waals surface area contributed by atoms with E-state index in [1.807, 2.05) is 12.1 Å². The summed E-state index contributed by atoms with van der Waals surface area (Å²) in [5, 5.41) is 2.50. The highest BCUT2D eigenvalue weighted by Crippen LogP contribution is 2.33. The van der Waals surface area contributed by atoms with Gasteiger partial charge in [0.05, 0.1) is 18.7 Å². The number of para-hydroxylation sites is 1. The molecule has 0 saturated carbocycles. The van der Waals surface area contributed by atoms with Gasteiger partial charge >= 0.3 is 0 Å². The van der Waals surface area contributed by atoms with Crippen LogP contribution >= 0.6 is 0 Å². The van der Waals surface area contributed by atoms with Crippen LogP contribution in [0.15, 0.2) is 48.7 Å². The van der Waals surface area contributed by atoms with Crippen LogP contribution in [0.2, 0.25) is 0 Å². The van der Waals surface area contributed by atoms with Gasteiger partial charge in [-0.25, -0.2) is 0 Å². The van der Waals surface area contributed by atoms with Crippen LogP contribution in [-0.2, 0) is 11.3 Å². The number of nitrogens with zero attached hydrogens (tertiary/aromatic N) is 1. The highest BCUT2D eigenvalue weighted by Gasteiger charge is 2.16. The van der Waals surface area contributed by atoms with Gasteiger partial charge in [0.25, 0.3) is 0 Å². The summed E-state index contributed by atoms with van der Waals surface area (Å²) in [6.45, 7) is 4.60. The normalized spacial score (nSPS) is 16.0. The molecule has 3 heterocycles. The number of benzene rings is 2. The average Bonchev–Trinajstić information content (AvgIpc) is 3.27. The number of H-pyrrole nitrogens is 2. The summed E-state index contributed by atoms with van der Waals surface area (Å²) in [4.78, 5) is 9.42. The van der Waals surface area contributed by atoms with Gasteiger partial charge in [-0.3, -0.25) is 4.90 Å². The number of hydrogen-bond donors (Lipinski definition) is 2. The second-order valence-corrected chi connectivity index (χ2v) is 6.61. The van der Waals surface area contributed by atoms with E-state index in [4.69, 9.17) is 4.74 Å². The van der Waals surface area contributed by atoms with E-state index < -0.39 is 0 Å². The second-order valence-electron chi connectivity index (χ2n) is 6.61. The van der Waals surface area contributed by atoms with Gasteiger partial charge < -0.3 is 14.7 Å². The maximum absolute atomic E-state index is 5.48. The Labute approximate surface area is 146 Å². The third-order valence-electron chi connectivity index (χ3n) is 5.02. The Morgan fingerprint density at radius 2 is 2.04 bits per heavy atom. The Kier molecular flexibility index (Phi) is 3.58. The summed E-state index contributed by atoms with van der Waals surface area (Å²) in [6, 6.07) is 18.1. The van der Waals surface area contributed by atoms with Gasteiger partial charge in [0, 0.05) is 59.4 Å². The van der Waals surface area contributed by atoms with Gasteiger partial charge in [-0.15, -0.1) is 0 Å². The molecular formula is C21H20N3O. The van der Waals surface area contributed by atoms with Crippen LogP contribution in [0.4, 0.5) is 0 Å². The second kappa shape index (κ2) is 6.06. The first kappa shape index (κ1) is 14.8. The molecule has 2 aromatic heterocycles. The van der Waals surface area contributed by atoms with E-state index in [1.165, 1.54) is 27.4 Å². The predicted octanol–water partition coefficient (Wildman–Crippen LogP) is 3.95. The topological polar surface area (TPSA) is 44.0 Å². The highest BCUT2D eigenvalue weighted by atomic mass is 16.5. The fourth-order valence-corrected chi connectivity index (χ4v) is 3.75. The lowest BCUT2D eigenvalue weighted by atomic mass is 10.0. The summed E-state index contributed by atoms with van der Waals surface area (Å²) < 4.78 is 5.48. The maximum atomic E-state index is 5.48. The van der Waals surface area contributed by atoms with Crippen LogP contribution in [0, 0.1) is 6.07 Å². The zero-order valence-electron chi connectivity index (χ0n) is 14.0. The molecule has 0 bridgehead atoms. The number of ether oxygens (including phenoxy) is 1. The maximum Gasteiger partial charge on any atom is 0.0594 e. The summed E-state index contributed by atoms with van der Waals surface area (Å²) in [7, 11) is 0. The van der Waals surface area contributed by atoms with Crippen molar-refractivity contribution in [2.75, 3.05) is 26.3 Å². The number of morpholine rings is 1. The van der Waals surface area contributed by atoms with E-state index in [0.29, 0.717) is 0 Å². The zero-order chi connectivity index (χ0) is 16.6. The van der Waals surface area contributed by atoms with Crippen LogP contribution in [0.1, 0.15) is 5.56 Å². The van der Waals surface area contributed by atoms with Crippen molar-refractivity contribution in [1.82, 2.24) is 14.9 Å². The number of fused-ring (bicyclic) bond motifs is 2. The lowest BCUT2D eigenvalue weighted by Crippen LogP contribution is -2.35. The van der Waals surface area contributed by atoms with Crippen molar-refractivity contribution in [2.45, 2.75) is 6.54 Å². The van der Waals surface area contributed by atoms with E-state index in [-0.39, 0.29) is 0 Å². The largest absolute Gasteiger partial charge is 0.379 e. The lowest BCUT2D eigenvalue weighted by Gasteiger charge is -2.26. The van der Waals surface area contributed by atoms with Crippen LogP contribution in [0.25, 0.3) is 33.1 Å². The molecule has 1 aliphatic heterocycles. The molecule has 4 aromatic rings. The molecule has 1 saturated heterocycles. The highest BCUT2D eigenvalue weighted by molar-refractivity contribution is 5.99. The molecule has 1 fully saturated rings. The molecule has 0 unspecified atom stereocenters. The lowest BCUT2D eigenvalue weighted by molar-refractivity contribution is 0.0344. The number of hydrogen-bond acceptors (Lipinski definition) is 2. The molecule has 5 rings (SSSR count). The summed E-state index contributed by atoms with van der Waals surface area (Å²) in [6.07, 6.45) is 2.15.